The molecule has 7 nitrogen and oxygen atoms in total. The molecule has 0 aliphatic heterocycles. The van der Waals surface area contributed by atoms with Crippen LogP contribution in [0.4, 0.5) is 14.5 Å². The van der Waals surface area contributed by atoms with E-state index in [1.165, 1.54) is 44.3 Å². The molecule has 1 N–H and O–H groups in total. The standard InChI is InChI=1S/C25H25F2N3O4S/c1-18(25(32)28-2)29(16-19-8-6-7-11-23(19)27)24(31)17-30(21-9-4-3-5-10-21)35(33,34)22-14-12-20(26)13-15-22/h3-15,18H,16-17H2,1-2H3,(H,28,32). The van der Waals surface area contributed by atoms with Crippen molar-refractivity contribution in [2.24, 2.45) is 0 Å². The molecule has 0 radical (unpaired) electrons. The number of carbonyl (C=O) groups is 2. The third-order valence-electron chi connectivity index (χ3n) is 5.44. The van der Waals surface area contributed by atoms with Gasteiger partial charge in [0.2, 0.25) is 11.8 Å². The highest BCUT2D eigenvalue weighted by atomic mass is 32.2. The topological polar surface area (TPSA) is 86.8 Å². The molecule has 1 atom stereocenters. The summed E-state index contributed by atoms with van der Waals surface area (Å²) in [5.74, 6) is -2.39. The van der Waals surface area contributed by atoms with Crippen molar-refractivity contribution in [3.63, 3.8) is 0 Å². The minimum absolute atomic E-state index is 0.171. The van der Waals surface area contributed by atoms with E-state index in [-0.39, 0.29) is 22.7 Å². The van der Waals surface area contributed by atoms with Crippen LogP contribution in [0.15, 0.2) is 83.8 Å². The van der Waals surface area contributed by atoms with Crippen LogP contribution in [0, 0.1) is 11.6 Å². The van der Waals surface area contributed by atoms with Gasteiger partial charge >= 0.3 is 0 Å². The number of rotatable bonds is 9. The van der Waals surface area contributed by atoms with E-state index in [1.807, 2.05) is 0 Å². The van der Waals surface area contributed by atoms with Crippen molar-refractivity contribution in [1.29, 1.82) is 0 Å². The van der Waals surface area contributed by atoms with Crippen molar-refractivity contribution in [2.45, 2.75) is 24.4 Å². The van der Waals surface area contributed by atoms with Gasteiger partial charge in [-0.25, -0.2) is 17.2 Å². The Balaban J connectivity index is 2.01. The van der Waals surface area contributed by atoms with Crippen LogP contribution in [-0.4, -0.2) is 44.8 Å². The van der Waals surface area contributed by atoms with E-state index in [4.69, 9.17) is 0 Å². The summed E-state index contributed by atoms with van der Waals surface area (Å²) in [5, 5.41) is 2.45. The molecule has 3 aromatic rings. The van der Waals surface area contributed by atoms with Crippen molar-refractivity contribution in [3.8, 4) is 0 Å². The predicted molar refractivity (Wildman–Crippen MR) is 128 cm³/mol. The van der Waals surface area contributed by atoms with Crippen LogP contribution in [0.5, 0.6) is 0 Å². The summed E-state index contributed by atoms with van der Waals surface area (Å²) in [6, 6.07) is 17.0. The second kappa shape index (κ2) is 11.1. The molecule has 0 saturated heterocycles. The highest BCUT2D eigenvalue weighted by Gasteiger charge is 2.32. The zero-order chi connectivity index (χ0) is 25.6. The molecule has 0 fully saturated rings. The summed E-state index contributed by atoms with van der Waals surface area (Å²) in [6.45, 7) is 0.553. The molecular formula is C25H25F2N3O4S. The lowest BCUT2D eigenvalue weighted by Crippen LogP contribution is -2.50. The van der Waals surface area contributed by atoms with Gasteiger partial charge in [-0.2, -0.15) is 0 Å². The molecule has 10 heteroatoms. The molecule has 0 heterocycles. The Labute approximate surface area is 203 Å². The highest BCUT2D eigenvalue weighted by Crippen LogP contribution is 2.24. The first-order valence-corrected chi connectivity index (χ1v) is 12.2. The van der Waals surface area contributed by atoms with Crippen molar-refractivity contribution in [2.75, 3.05) is 17.9 Å². The lowest BCUT2D eigenvalue weighted by molar-refractivity contribution is -0.139. The molecule has 35 heavy (non-hydrogen) atoms. The molecule has 3 rings (SSSR count). The third kappa shape index (κ3) is 6.02. The van der Waals surface area contributed by atoms with Gasteiger partial charge in [0.15, 0.2) is 0 Å². The number of amides is 2. The average Bonchev–Trinajstić information content (AvgIpc) is 2.86. The number of halogens is 2. The zero-order valence-electron chi connectivity index (χ0n) is 19.2. The average molecular weight is 502 g/mol. The van der Waals surface area contributed by atoms with Crippen LogP contribution in [0.25, 0.3) is 0 Å². The maximum atomic E-state index is 14.4. The Bertz CT molecular complexity index is 1290. The maximum absolute atomic E-state index is 14.4. The fourth-order valence-corrected chi connectivity index (χ4v) is 4.87. The van der Waals surface area contributed by atoms with Crippen LogP contribution in [-0.2, 0) is 26.2 Å². The summed E-state index contributed by atoms with van der Waals surface area (Å²) in [5.41, 5.74) is 0.368. The lowest BCUT2D eigenvalue weighted by atomic mass is 10.1. The van der Waals surface area contributed by atoms with Crippen LogP contribution >= 0.6 is 0 Å². The van der Waals surface area contributed by atoms with Gasteiger partial charge in [-0.1, -0.05) is 36.4 Å². The molecule has 0 bridgehead atoms. The van der Waals surface area contributed by atoms with Crippen molar-refractivity contribution < 1.29 is 26.8 Å². The zero-order valence-corrected chi connectivity index (χ0v) is 20.0. The monoisotopic (exact) mass is 501 g/mol. The normalized spacial score (nSPS) is 12.0. The maximum Gasteiger partial charge on any atom is 0.264 e. The summed E-state index contributed by atoms with van der Waals surface area (Å²) in [6.07, 6.45) is 0. The summed E-state index contributed by atoms with van der Waals surface area (Å²) < 4.78 is 55.6. The minimum Gasteiger partial charge on any atom is -0.357 e. The molecule has 2 amide bonds. The van der Waals surface area contributed by atoms with Gasteiger partial charge in [0.1, 0.15) is 24.2 Å². The molecule has 1 unspecified atom stereocenters. The van der Waals surface area contributed by atoms with Crippen LogP contribution in [0.3, 0.4) is 0 Å². The Morgan fingerprint density at radius 2 is 1.51 bits per heavy atom. The lowest BCUT2D eigenvalue weighted by Gasteiger charge is -2.31. The highest BCUT2D eigenvalue weighted by molar-refractivity contribution is 7.92. The number of carbonyl (C=O) groups excluding carboxylic acids is 2. The molecule has 184 valence electrons. The van der Waals surface area contributed by atoms with Gasteiger partial charge in [0.25, 0.3) is 10.0 Å². The van der Waals surface area contributed by atoms with Crippen molar-refractivity contribution in [1.82, 2.24) is 10.2 Å². The number of nitrogens with zero attached hydrogens (tertiary/aromatic N) is 2. The van der Waals surface area contributed by atoms with Crippen LogP contribution in [0.2, 0.25) is 0 Å². The molecule has 0 aliphatic carbocycles. The number of sulfonamides is 1. The predicted octanol–water partition coefficient (Wildman–Crippen LogP) is 3.32. The third-order valence-corrected chi connectivity index (χ3v) is 7.22. The fraction of sp³-hybridized carbons (Fsp3) is 0.200. The Morgan fingerprint density at radius 1 is 0.914 bits per heavy atom. The van der Waals surface area contributed by atoms with E-state index in [0.717, 1.165) is 33.5 Å². The summed E-state index contributed by atoms with van der Waals surface area (Å²) in [4.78, 5) is 26.8. The van der Waals surface area contributed by atoms with E-state index in [2.05, 4.69) is 5.32 Å². The molecule has 0 saturated carbocycles. The smallest absolute Gasteiger partial charge is 0.264 e. The number of hydrogen-bond acceptors (Lipinski definition) is 4. The van der Waals surface area contributed by atoms with Gasteiger partial charge in [0, 0.05) is 19.2 Å². The summed E-state index contributed by atoms with van der Waals surface area (Å²) in [7, 11) is -2.88. The number of hydrogen-bond donors (Lipinski definition) is 1. The largest absolute Gasteiger partial charge is 0.357 e. The van der Waals surface area contributed by atoms with E-state index in [1.54, 1.807) is 24.3 Å². The van der Waals surface area contributed by atoms with Crippen molar-refractivity contribution >= 4 is 27.5 Å². The van der Waals surface area contributed by atoms with E-state index in [0.29, 0.717) is 0 Å². The van der Waals surface area contributed by atoms with E-state index in [9.17, 15) is 26.8 Å². The Kier molecular flexibility index (Phi) is 8.18. The SMILES string of the molecule is CNC(=O)C(C)N(Cc1ccccc1F)C(=O)CN(c1ccccc1)S(=O)(=O)c1ccc(F)cc1. The van der Waals surface area contributed by atoms with Crippen LogP contribution < -0.4 is 9.62 Å². The van der Waals surface area contributed by atoms with Crippen LogP contribution in [0.1, 0.15) is 12.5 Å². The fourth-order valence-electron chi connectivity index (χ4n) is 3.46. The second-order valence-electron chi connectivity index (χ2n) is 7.70. The number of nitrogens with one attached hydrogen (secondary N) is 1. The van der Waals surface area contributed by atoms with Gasteiger partial charge in [-0.3, -0.25) is 13.9 Å². The van der Waals surface area contributed by atoms with Crippen molar-refractivity contribution in [3.05, 3.63) is 96.1 Å². The first-order chi connectivity index (χ1) is 16.6. The molecule has 0 aromatic heterocycles. The van der Waals surface area contributed by atoms with Gasteiger partial charge in [-0.15, -0.1) is 0 Å². The van der Waals surface area contributed by atoms with E-state index >= 15 is 0 Å². The number of likely N-dealkylation sites (N-methyl/N-ethyl adjacent to an activating group) is 1. The van der Waals surface area contributed by atoms with Gasteiger partial charge in [-0.05, 0) is 49.4 Å². The Morgan fingerprint density at radius 3 is 2.11 bits per heavy atom. The Hall–Kier alpha value is -3.79. The second-order valence-corrected chi connectivity index (χ2v) is 9.57. The first kappa shape index (κ1) is 25.8. The molecule has 0 aliphatic rings. The van der Waals surface area contributed by atoms with Gasteiger partial charge < -0.3 is 10.2 Å². The first-order valence-electron chi connectivity index (χ1n) is 10.7. The number of para-hydroxylation sites is 1. The van der Waals surface area contributed by atoms with Gasteiger partial charge in [0.05, 0.1) is 10.6 Å². The molecular weight excluding hydrogens is 476 g/mol. The number of anilines is 1. The minimum atomic E-state index is -4.29. The van der Waals surface area contributed by atoms with E-state index < -0.39 is 46.1 Å². The molecule has 3 aromatic carbocycles. The molecule has 0 spiro atoms. The quantitative estimate of drug-likeness (QED) is 0.487. The number of benzene rings is 3. The summed E-state index contributed by atoms with van der Waals surface area (Å²) >= 11 is 0.